The molecule has 0 radical (unpaired) electrons. The van der Waals surface area contributed by atoms with E-state index in [0.29, 0.717) is 6.04 Å². The van der Waals surface area contributed by atoms with Crippen LogP contribution in [0, 0.1) is 13.8 Å². The highest BCUT2D eigenvalue weighted by Gasteiger charge is 2.16. The van der Waals surface area contributed by atoms with Gasteiger partial charge in [-0.05, 0) is 45.0 Å². The molecule has 2 N–H and O–H groups in total. The molecule has 0 saturated heterocycles. The Bertz CT molecular complexity index is 528. The maximum absolute atomic E-state index is 6.30. The van der Waals surface area contributed by atoms with Gasteiger partial charge in [0, 0.05) is 17.1 Å². The first-order valence-electron chi connectivity index (χ1n) is 5.50. The molecule has 0 spiro atoms. The number of benzene rings is 1. The van der Waals surface area contributed by atoms with Crippen LogP contribution in [0.25, 0.3) is 10.9 Å². The number of rotatable bonds is 2. The van der Waals surface area contributed by atoms with Crippen molar-refractivity contribution >= 4 is 22.5 Å². The van der Waals surface area contributed by atoms with Gasteiger partial charge in [-0.1, -0.05) is 17.7 Å². The molecule has 1 aromatic heterocycles. The molecule has 0 fully saturated rings. The molecule has 2 nitrogen and oxygen atoms in total. The summed E-state index contributed by atoms with van der Waals surface area (Å²) in [4.78, 5) is 3.43. The fourth-order valence-electron chi connectivity index (χ4n) is 2.23. The van der Waals surface area contributed by atoms with Crippen LogP contribution in [0.5, 0.6) is 0 Å². The third-order valence-electron chi connectivity index (χ3n) is 3.21. The lowest BCUT2D eigenvalue weighted by molar-refractivity contribution is 0.653. The Morgan fingerprint density at radius 3 is 2.62 bits per heavy atom. The van der Waals surface area contributed by atoms with Gasteiger partial charge in [0.25, 0.3) is 0 Å². The molecule has 16 heavy (non-hydrogen) atoms. The molecular formula is C13H17ClN2. The van der Waals surface area contributed by atoms with Gasteiger partial charge < -0.3 is 10.3 Å². The van der Waals surface area contributed by atoms with Crippen LogP contribution < -0.4 is 5.32 Å². The lowest BCUT2D eigenvalue weighted by atomic mass is 10.0. The van der Waals surface area contributed by atoms with Crippen LogP contribution in [-0.2, 0) is 0 Å². The van der Waals surface area contributed by atoms with Crippen molar-refractivity contribution in [2.45, 2.75) is 26.8 Å². The second-order valence-electron chi connectivity index (χ2n) is 4.29. The molecule has 0 bridgehead atoms. The van der Waals surface area contributed by atoms with Gasteiger partial charge in [0.1, 0.15) is 0 Å². The summed E-state index contributed by atoms with van der Waals surface area (Å²) in [7, 11) is 1.96. The van der Waals surface area contributed by atoms with E-state index in [1.54, 1.807) is 0 Å². The molecule has 0 aliphatic rings. The molecule has 2 aromatic rings. The fourth-order valence-corrected chi connectivity index (χ4v) is 2.49. The van der Waals surface area contributed by atoms with E-state index in [1.165, 1.54) is 16.8 Å². The maximum atomic E-state index is 6.30. The quantitative estimate of drug-likeness (QED) is 0.817. The van der Waals surface area contributed by atoms with E-state index >= 15 is 0 Å². The lowest BCUT2D eigenvalue weighted by Gasteiger charge is -2.11. The number of nitrogens with one attached hydrogen (secondary N) is 2. The van der Waals surface area contributed by atoms with Crippen molar-refractivity contribution in [1.29, 1.82) is 0 Å². The molecular weight excluding hydrogens is 220 g/mol. The topological polar surface area (TPSA) is 27.8 Å². The van der Waals surface area contributed by atoms with Crippen LogP contribution in [0.3, 0.4) is 0 Å². The van der Waals surface area contributed by atoms with E-state index < -0.39 is 0 Å². The van der Waals surface area contributed by atoms with E-state index in [1.807, 2.05) is 13.1 Å². The summed E-state index contributed by atoms with van der Waals surface area (Å²) in [5, 5.41) is 5.24. The van der Waals surface area contributed by atoms with Gasteiger partial charge in [0.05, 0.1) is 10.5 Å². The van der Waals surface area contributed by atoms with Crippen LogP contribution in [-0.4, -0.2) is 12.0 Å². The van der Waals surface area contributed by atoms with Crippen molar-refractivity contribution in [3.05, 3.63) is 34.0 Å². The number of hydrogen-bond donors (Lipinski definition) is 2. The minimum atomic E-state index is 0.299. The molecule has 0 aliphatic heterocycles. The normalized spacial score (nSPS) is 13.3. The van der Waals surface area contributed by atoms with Crippen LogP contribution >= 0.6 is 11.6 Å². The fraction of sp³-hybridized carbons (Fsp3) is 0.385. The summed E-state index contributed by atoms with van der Waals surface area (Å²) in [5.41, 5.74) is 4.85. The van der Waals surface area contributed by atoms with Crippen molar-refractivity contribution in [1.82, 2.24) is 10.3 Å². The number of aromatic amines is 1. The first kappa shape index (κ1) is 11.5. The van der Waals surface area contributed by atoms with Crippen molar-refractivity contribution in [2.24, 2.45) is 0 Å². The SMILES string of the molecule is CNC(C)c1c(C)[nH]c2c(C)ccc(Cl)c12. The van der Waals surface area contributed by atoms with E-state index in [0.717, 1.165) is 15.9 Å². The minimum Gasteiger partial charge on any atom is -0.358 e. The molecule has 1 unspecified atom stereocenters. The Hall–Kier alpha value is -0.990. The van der Waals surface area contributed by atoms with Crippen molar-refractivity contribution in [2.75, 3.05) is 7.05 Å². The number of aryl methyl sites for hydroxylation is 2. The van der Waals surface area contributed by atoms with Crippen LogP contribution in [0.4, 0.5) is 0 Å². The molecule has 0 amide bonds. The van der Waals surface area contributed by atoms with E-state index in [2.05, 4.69) is 37.1 Å². The first-order chi connectivity index (χ1) is 7.56. The molecule has 0 saturated carbocycles. The summed E-state index contributed by atoms with van der Waals surface area (Å²) in [5.74, 6) is 0. The largest absolute Gasteiger partial charge is 0.358 e. The zero-order valence-corrected chi connectivity index (χ0v) is 10.9. The highest BCUT2D eigenvalue weighted by Crippen LogP contribution is 2.34. The van der Waals surface area contributed by atoms with Crippen molar-refractivity contribution in [3.63, 3.8) is 0 Å². The van der Waals surface area contributed by atoms with Crippen LogP contribution in [0.2, 0.25) is 5.02 Å². The standard InChI is InChI=1S/C13H17ClN2/c1-7-5-6-10(14)12-11(8(2)15-4)9(3)16-13(7)12/h5-6,8,15-16H,1-4H3. The number of aromatic nitrogens is 1. The summed E-state index contributed by atoms with van der Waals surface area (Å²) in [6.45, 7) is 6.34. The van der Waals surface area contributed by atoms with Gasteiger partial charge in [-0.15, -0.1) is 0 Å². The van der Waals surface area contributed by atoms with Crippen molar-refractivity contribution < 1.29 is 0 Å². The molecule has 1 aromatic carbocycles. The second kappa shape index (κ2) is 4.11. The monoisotopic (exact) mass is 236 g/mol. The summed E-state index contributed by atoms with van der Waals surface area (Å²) >= 11 is 6.30. The first-order valence-corrected chi connectivity index (χ1v) is 5.88. The Balaban J connectivity index is 2.83. The van der Waals surface area contributed by atoms with E-state index in [9.17, 15) is 0 Å². The summed E-state index contributed by atoms with van der Waals surface area (Å²) in [6, 6.07) is 4.32. The average molecular weight is 237 g/mol. The number of halogens is 1. The van der Waals surface area contributed by atoms with Gasteiger partial charge >= 0.3 is 0 Å². The Kier molecular flexibility index (Phi) is 2.96. The summed E-state index contributed by atoms with van der Waals surface area (Å²) < 4.78 is 0. The van der Waals surface area contributed by atoms with Crippen LogP contribution in [0.15, 0.2) is 12.1 Å². The number of fused-ring (bicyclic) bond motifs is 1. The minimum absolute atomic E-state index is 0.299. The maximum Gasteiger partial charge on any atom is 0.0504 e. The third kappa shape index (κ3) is 1.62. The third-order valence-corrected chi connectivity index (χ3v) is 3.53. The lowest BCUT2D eigenvalue weighted by Crippen LogP contribution is -2.12. The Morgan fingerprint density at radius 2 is 2.00 bits per heavy atom. The van der Waals surface area contributed by atoms with Gasteiger partial charge in [-0.3, -0.25) is 0 Å². The van der Waals surface area contributed by atoms with Crippen molar-refractivity contribution in [3.8, 4) is 0 Å². The predicted octanol–water partition coefficient (Wildman–Crippen LogP) is 3.72. The number of hydrogen-bond acceptors (Lipinski definition) is 1. The summed E-state index contributed by atoms with van der Waals surface area (Å²) in [6.07, 6.45) is 0. The average Bonchev–Trinajstić information content (AvgIpc) is 2.61. The van der Waals surface area contributed by atoms with Gasteiger partial charge in [0.15, 0.2) is 0 Å². The molecule has 1 heterocycles. The number of H-pyrrole nitrogens is 1. The van der Waals surface area contributed by atoms with Gasteiger partial charge in [-0.25, -0.2) is 0 Å². The molecule has 3 heteroatoms. The van der Waals surface area contributed by atoms with Crippen LogP contribution in [0.1, 0.15) is 29.8 Å². The molecule has 86 valence electrons. The van der Waals surface area contributed by atoms with Gasteiger partial charge in [0.2, 0.25) is 0 Å². The van der Waals surface area contributed by atoms with E-state index in [4.69, 9.17) is 11.6 Å². The highest BCUT2D eigenvalue weighted by atomic mass is 35.5. The zero-order chi connectivity index (χ0) is 11.9. The molecule has 1 atom stereocenters. The second-order valence-corrected chi connectivity index (χ2v) is 4.70. The molecule has 2 rings (SSSR count). The Morgan fingerprint density at radius 1 is 1.31 bits per heavy atom. The van der Waals surface area contributed by atoms with Gasteiger partial charge in [-0.2, -0.15) is 0 Å². The smallest absolute Gasteiger partial charge is 0.0504 e. The predicted molar refractivity (Wildman–Crippen MR) is 70.3 cm³/mol. The molecule has 0 aliphatic carbocycles. The zero-order valence-electron chi connectivity index (χ0n) is 10.1. The Labute approximate surface area is 101 Å². The highest BCUT2D eigenvalue weighted by molar-refractivity contribution is 6.36. The van der Waals surface area contributed by atoms with E-state index in [-0.39, 0.29) is 0 Å².